The van der Waals surface area contributed by atoms with Crippen molar-refractivity contribution in [2.75, 3.05) is 0 Å². The van der Waals surface area contributed by atoms with Gasteiger partial charge in [0.15, 0.2) is 0 Å². The van der Waals surface area contributed by atoms with Crippen molar-refractivity contribution in [2.45, 2.75) is 12.8 Å². The van der Waals surface area contributed by atoms with Gasteiger partial charge >= 0.3 is 0 Å². The average Bonchev–Trinajstić information content (AvgIpc) is 3.68. The molecule has 0 aliphatic heterocycles. The fraction of sp³-hybridized carbons (Fsp3) is 0.0455. The highest BCUT2D eigenvalue weighted by atomic mass is 16.3. The van der Waals surface area contributed by atoms with E-state index in [9.17, 15) is 0 Å². The van der Waals surface area contributed by atoms with Crippen LogP contribution >= 0.6 is 0 Å². The Hall–Kier alpha value is -6.04. The molecule has 2 nitrogen and oxygen atoms in total. The first-order valence-corrected chi connectivity index (χ1v) is 15.8. The fourth-order valence-electron chi connectivity index (χ4n) is 7.09. The maximum Gasteiger partial charge on any atom is 0.142 e. The number of aromatic nitrogens is 1. The van der Waals surface area contributed by atoms with Crippen LogP contribution in [0.3, 0.4) is 0 Å². The SMILES string of the molecule is c1cccc(-c2cc3c(cc2-c2oc(-c4ccccc4-c4ccccc4)c4c2CCC=C4)c2ccccc2n3-c2ccccc2)c#1. The Morgan fingerprint density at radius 3 is 2.17 bits per heavy atom. The van der Waals surface area contributed by atoms with Crippen molar-refractivity contribution in [1.29, 1.82) is 0 Å². The molecule has 0 saturated heterocycles. The first kappa shape index (κ1) is 26.4. The van der Waals surface area contributed by atoms with Crippen molar-refractivity contribution in [1.82, 2.24) is 4.57 Å². The highest BCUT2D eigenvalue weighted by Gasteiger charge is 2.27. The minimum Gasteiger partial charge on any atom is -0.455 e. The van der Waals surface area contributed by atoms with Gasteiger partial charge in [0.25, 0.3) is 0 Å². The van der Waals surface area contributed by atoms with E-state index >= 15 is 0 Å². The smallest absolute Gasteiger partial charge is 0.142 e. The number of fused-ring (bicyclic) bond motifs is 4. The zero-order chi connectivity index (χ0) is 30.5. The van der Waals surface area contributed by atoms with Gasteiger partial charge in [-0.1, -0.05) is 121 Å². The molecule has 0 atom stereocenters. The summed E-state index contributed by atoms with van der Waals surface area (Å²) in [6.07, 6.45) is 6.43. The van der Waals surface area contributed by atoms with Crippen LogP contribution in [-0.2, 0) is 6.42 Å². The second-order valence-electron chi connectivity index (χ2n) is 11.8. The summed E-state index contributed by atoms with van der Waals surface area (Å²) in [6, 6.07) is 55.8. The van der Waals surface area contributed by atoms with E-state index in [-0.39, 0.29) is 0 Å². The Labute approximate surface area is 268 Å². The maximum atomic E-state index is 7.13. The van der Waals surface area contributed by atoms with E-state index in [2.05, 4.69) is 156 Å². The maximum absolute atomic E-state index is 7.13. The number of para-hydroxylation sites is 2. The van der Waals surface area contributed by atoms with Crippen LogP contribution in [0.1, 0.15) is 17.5 Å². The molecule has 46 heavy (non-hydrogen) atoms. The summed E-state index contributed by atoms with van der Waals surface area (Å²) in [5.41, 5.74) is 12.5. The van der Waals surface area contributed by atoms with Gasteiger partial charge in [-0.2, -0.15) is 0 Å². The summed E-state index contributed by atoms with van der Waals surface area (Å²) in [4.78, 5) is 0. The normalized spacial score (nSPS) is 12.3. The summed E-state index contributed by atoms with van der Waals surface area (Å²) in [5.74, 6) is 1.85. The third-order valence-electron chi connectivity index (χ3n) is 9.16. The molecular formula is C44H29NO. The molecule has 2 aromatic heterocycles. The Balaban J connectivity index is 1.36. The molecule has 6 aromatic carbocycles. The highest BCUT2D eigenvalue weighted by molar-refractivity contribution is 6.12. The van der Waals surface area contributed by atoms with Crippen LogP contribution in [-0.4, -0.2) is 4.57 Å². The molecule has 216 valence electrons. The second kappa shape index (κ2) is 10.8. The lowest BCUT2D eigenvalue weighted by atomic mass is 9.89. The van der Waals surface area contributed by atoms with Crippen molar-refractivity contribution in [3.8, 4) is 50.6 Å². The van der Waals surface area contributed by atoms with Gasteiger partial charge in [-0.3, -0.25) is 0 Å². The minimum atomic E-state index is 0.918. The van der Waals surface area contributed by atoms with Crippen molar-refractivity contribution >= 4 is 27.9 Å². The molecule has 0 spiro atoms. The number of nitrogens with zero attached hydrogens (tertiary/aromatic N) is 1. The van der Waals surface area contributed by atoms with Crippen molar-refractivity contribution < 1.29 is 4.42 Å². The predicted octanol–water partition coefficient (Wildman–Crippen LogP) is 11.6. The number of furan rings is 1. The predicted molar refractivity (Wildman–Crippen MR) is 190 cm³/mol. The fourth-order valence-corrected chi connectivity index (χ4v) is 7.09. The van der Waals surface area contributed by atoms with Gasteiger partial charge < -0.3 is 8.98 Å². The number of hydrogen-bond acceptors (Lipinski definition) is 1. The Kier molecular flexibility index (Phi) is 6.21. The molecule has 8 aromatic rings. The van der Waals surface area contributed by atoms with Crippen molar-refractivity contribution in [2.24, 2.45) is 0 Å². The lowest BCUT2D eigenvalue weighted by Gasteiger charge is -2.13. The molecule has 2 heterocycles. The van der Waals surface area contributed by atoms with Crippen LogP contribution in [0.15, 0.2) is 150 Å². The van der Waals surface area contributed by atoms with Crippen LogP contribution in [0, 0.1) is 12.1 Å². The molecule has 9 rings (SSSR count). The first-order valence-electron chi connectivity index (χ1n) is 15.8. The van der Waals surface area contributed by atoms with Gasteiger partial charge in [-0.05, 0) is 66.4 Å². The van der Waals surface area contributed by atoms with Crippen LogP contribution in [0.4, 0.5) is 0 Å². The van der Waals surface area contributed by atoms with Crippen LogP contribution < -0.4 is 0 Å². The zero-order valence-corrected chi connectivity index (χ0v) is 25.2. The number of hydrogen-bond donors (Lipinski definition) is 0. The number of benzene rings is 5. The molecular weight excluding hydrogens is 558 g/mol. The third-order valence-corrected chi connectivity index (χ3v) is 9.16. The van der Waals surface area contributed by atoms with E-state index in [0.29, 0.717) is 0 Å². The standard InChI is InChI=1S/C44H29NO/c1-4-16-30(17-5-1)33-22-10-11-24-35(33)43-36-25-12-13-26-37(36)44(46-43)40-28-39-34-23-14-15-27-41(34)45(32-20-8-3-9-21-32)42(39)29-38(40)31-18-6-2-7-19-31/h1-6,8-12,14-18,20-25,27-29H,13,26H2. The molecule has 0 saturated carbocycles. The number of rotatable bonds is 5. The molecule has 0 amide bonds. The summed E-state index contributed by atoms with van der Waals surface area (Å²) in [5, 5.41) is 2.41. The monoisotopic (exact) mass is 587 g/mol. The molecule has 1 aliphatic carbocycles. The van der Waals surface area contributed by atoms with Gasteiger partial charge in [-0.15, -0.1) is 0 Å². The average molecular weight is 588 g/mol. The quantitative estimate of drug-likeness (QED) is 0.196. The molecule has 1 aliphatic rings. The minimum absolute atomic E-state index is 0.918. The molecule has 0 fully saturated rings. The van der Waals surface area contributed by atoms with Crippen LogP contribution in [0.5, 0.6) is 0 Å². The lowest BCUT2D eigenvalue weighted by molar-refractivity contribution is 0.594. The first-order chi connectivity index (χ1) is 22.8. The van der Waals surface area contributed by atoms with E-state index in [1.165, 1.54) is 33.0 Å². The molecule has 0 N–H and O–H groups in total. The molecule has 0 bridgehead atoms. The third kappa shape index (κ3) is 4.21. The second-order valence-corrected chi connectivity index (χ2v) is 11.8. The van der Waals surface area contributed by atoms with E-state index in [0.717, 1.165) is 63.4 Å². The number of allylic oxidation sites excluding steroid dienone is 1. The highest BCUT2D eigenvalue weighted by Crippen LogP contribution is 2.47. The summed E-state index contributed by atoms with van der Waals surface area (Å²) < 4.78 is 9.50. The summed E-state index contributed by atoms with van der Waals surface area (Å²) in [6.45, 7) is 0. The van der Waals surface area contributed by atoms with Gasteiger partial charge in [0.05, 0.1) is 11.0 Å². The van der Waals surface area contributed by atoms with Crippen molar-refractivity contribution in [3.63, 3.8) is 0 Å². The van der Waals surface area contributed by atoms with Crippen LogP contribution in [0.25, 0.3) is 78.5 Å². The van der Waals surface area contributed by atoms with E-state index in [1.54, 1.807) is 0 Å². The Bertz CT molecular complexity index is 2390. The topological polar surface area (TPSA) is 18.1 Å². The van der Waals surface area contributed by atoms with Gasteiger partial charge in [0.2, 0.25) is 0 Å². The van der Waals surface area contributed by atoms with E-state index < -0.39 is 0 Å². The van der Waals surface area contributed by atoms with Crippen LogP contribution in [0.2, 0.25) is 0 Å². The summed E-state index contributed by atoms with van der Waals surface area (Å²) >= 11 is 0. The Morgan fingerprint density at radius 1 is 0.587 bits per heavy atom. The zero-order valence-electron chi connectivity index (χ0n) is 25.2. The molecule has 0 unspecified atom stereocenters. The van der Waals surface area contributed by atoms with E-state index in [1.807, 2.05) is 12.1 Å². The van der Waals surface area contributed by atoms with Gasteiger partial charge in [-0.25, -0.2) is 0 Å². The molecule has 0 radical (unpaired) electrons. The van der Waals surface area contributed by atoms with E-state index in [4.69, 9.17) is 4.42 Å². The van der Waals surface area contributed by atoms with Gasteiger partial charge in [0, 0.05) is 49.8 Å². The lowest BCUT2D eigenvalue weighted by Crippen LogP contribution is -1.96. The molecule has 2 heteroatoms. The Morgan fingerprint density at radius 2 is 1.35 bits per heavy atom. The van der Waals surface area contributed by atoms with Gasteiger partial charge in [0.1, 0.15) is 11.5 Å². The van der Waals surface area contributed by atoms with Crippen molar-refractivity contribution in [3.05, 3.63) is 169 Å². The summed E-state index contributed by atoms with van der Waals surface area (Å²) in [7, 11) is 0. The largest absolute Gasteiger partial charge is 0.455 e.